The molecule has 25 heavy (non-hydrogen) atoms. The molecular formula is C17H17ClN4O2S. The van der Waals surface area contributed by atoms with E-state index in [-0.39, 0.29) is 16.6 Å². The van der Waals surface area contributed by atoms with Crippen molar-refractivity contribution in [1.82, 2.24) is 19.3 Å². The van der Waals surface area contributed by atoms with Crippen LogP contribution in [0.25, 0.3) is 0 Å². The van der Waals surface area contributed by atoms with Gasteiger partial charge in [0.1, 0.15) is 15.9 Å². The number of halogens is 1. The summed E-state index contributed by atoms with van der Waals surface area (Å²) in [5.41, 5.74) is 1.16. The van der Waals surface area contributed by atoms with E-state index in [4.69, 9.17) is 11.6 Å². The van der Waals surface area contributed by atoms with Crippen molar-refractivity contribution in [1.29, 1.82) is 0 Å². The lowest BCUT2D eigenvalue weighted by Gasteiger charge is -2.09. The fraction of sp³-hybridized carbons (Fsp3) is 0.176. The average Bonchev–Trinajstić information content (AvgIpc) is 3.03. The SMILES string of the molecule is O=S(=O)(NCCc1nccn1Cc1ccccc1)c1ccc(Cl)nc1. The van der Waals surface area contributed by atoms with Gasteiger partial charge in [0.05, 0.1) is 0 Å². The predicted molar refractivity (Wildman–Crippen MR) is 95.9 cm³/mol. The summed E-state index contributed by atoms with van der Waals surface area (Å²) < 4.78 is 29.0. The van der Waals surface area contributed by atoms with Gasteiger partial charge in [0.25, 0.3) is 0 Å². The lowest BCUT2D eigenvalue weighted by molar-refractivity contribution is 0.579. The summed E-state index contributed by atoms with van der Waals surface area (Å²) >= 11 is 5.68. The first-order chi connectivity index (χ1) is 12.0. The number of nitrogens with one attached hydrogen (secondary N) is 1. The molecule has 0 bridgehead atoms. The van der Waals surface area contributed by atoms with Crippen LogP contribution in [-0.4, -0.2) is 29.5 Å². The minimum absolute atomic E-state index is 0.0875. The number of nitrogens with zero attached hydrogens (tertiary/aromatic N) is 3. The van der Waals surface area contributed by atoms with Gasteiger partial charge in [0, 0.05) is 38.1 Å². The molecule has 0 amide bonds. The molecule has 2 aromatic heterocycles. The number of hydrogen-bond donors (Lipinski definition) is 1. The molecule has 0 atom stereocenters. The maximum absolute atomic E-state index is 12.2. The topological polar surface area (TPSA) is 76.9 Å². The first-order valence-electron chi connectivity index (χ1n) is 7.70. The highest BCUT2D eigenvalue weighted by Gasteiger charge is 2.14. The molecule has 3 aromatic rings. The van der Waals surface area contributed by atoms with Gasteiger partial charge in [-0.1, -0.05) is 41.9 Å². The largest absolute Gasteiger partial charge is 0.330 e. The predicted octanol–water partition coefficient (Wildman–Crippen LogP) is 2.50. The minimum Gasteiger partial charge on any atom is -0.330 e. The molecule has 0 saturated carbocycles. The Bertz CT molecular complexity index is 925. The van der Waals surface area contributed by atoms with Gasteiger partial charge in [-0.05, 0) is 17.7 Å². The summed E-state index contributed by atoms with van der Waals surface area (Å²) in [6, 6.07) is 12.9. The third-order valence-electron chi connectivity index (χ3n) is 3.65. The van der Waals surface area contributed by atoms with Crippen molar-refractivity contribution in [2.24, 2.45) is 0 Å². The van der Waals surface area contributed by atoms with Crippen LogP contribution in [0.4, 0.5) is 0 Å². The van der Waals surface area contributed by atoms with Crippen molar-refractivity contribution < 1.29 is 8.42 Å². The Labute approximate surface area is 151 Å². The average molecular weight is 377 g/mol. The van der Waals surface area contributed by atoms with Gasteiger partial charge in [0.2, 0.25) is 10.0 Å². The van der Waals surface area contributed by atoms with Crippen molar-refractivity contribution in [2.75, 3.05) is 6.54 Å². The zero-order valence-corrected chi connectivity index (χ0v) is 14.9. The van der Waals surface area contributed by atoms with E-state index >= 15 is 0 Å². The molecule has 0 aliphatic carbocycles. The van der Waals surface area contributed by atoms with Gasteiger partial charge in [-0.25, -0.2) is 23.1 Å². The highest BCUT2D eigenvalue weighted by atomic mass is 35.5. The third kappa shape index (κ3) is 4.66. The molecule has 0 unspecified atom stereocenters. The Morgan fingerprint density at radius 2 is 1.88 bits per heavy atom. The smallest absolute Gasteiger partial charge is 0.242 e. The normalized spacial score (nSPS) is 11.6. The van der Waals surface area contributed by atoms with Crippen LogP contribution >= 0.6 is 11.6 Å². The number of sulfonamides is 1. The molecule has 0 aliphatic heterocycles. The number of benzene rings is 1. The molecule has 1 N–H and O–H groups in total. The van der Waals surface area contributed by atoms with E-state index < -0.39 is 10.0 Å². The standard InChI is InChI=1S/C17H17ClN4O2S/c18-16-7-6-15(12-20-16)25(23,24)21-9-8-17-19-10-11-22(17)13-14-4-2-1-3-5-14/h1-7,10-12,21H,8-9,13H2. The Morgan fingerprint density at radius 1 is 1.08 bits per heavy atom. The summed E-state index contributed by atoms with van der Waals surface area (Å²) in [6.45, 7) is 0.945. The summed E-state index contributed by atoms with van der Waals surface area (Å²) in [7, 11) is -3.61. The summed E-state index contributed by atoms with van der Waals surface area (Å²) in [5.74, 6) is 0.820. The van der Waals surface area contributed by atoms with Crippen LogP contribution in [0.1, 0.15) is 11.4 Å². The molecule has 3 rings (SSSR count). The summed E-state index contributed by atoms with van der Waals surface area (Å²) in [4.78, 5) is 8.20. The Kier molecular flexibility index (Phi) is 5.47. The fourth-order valence-electron chi connectivity index (χ4n) is 2.39. The van der Waals surface area contributed by atoms with Gasteiger partial charge in [0.15, 0.2) is 0 Å². The van der Waals surface area contributed by atoms with Gasteiger partial charge in [-0.15, -0.1) is 0 Å². The van der Waals surface area contributed by atoms with Crippen LogP contribution in [0.15, 0.2) is 66.0 Å². The zero-order valence-electron chi connectivity index (χ0n) is 13.3. The van der Waals surface area contributed by atoms with E-state index in [9.17, 15) is 8.42 Å². The quantitative estimate of drug-likeness (QED) is 0.643. The highest BCUT2D eigenvalue weighted by Crippen LogP contribution is 2.11. The fourth-order valence-corrected chi connectivity index (χ4v) is 3.48. The van der Waals surface area contributed by atoms with Gasteiger partial charge in [-0.2, -0.15) is 0 Å². The maximum Gasteiger partial charge on any atom is 0.242 e. The molecular weight excluding hydrogens is 360 g/mol. The molecule has 0 aliphatic rings. The van der Waals surface area contributed by atoms with Crippen molar-refractivity contribution >= 4 is 21.6 Å². The Morgan fingerprint density at radius 3 is 2.60 bits per heavy atom. The van der Waals surface area contributed by atoms with Crippen LogP contribution in [0.3, 0.4) is 0 Å². The Hall–Kier alpha value is -2.22. The molecule has 8 heteroatoms. The van der Waals surface area contributed by atoms with Crippen molar-refractivity contribution in [2.45, 2.75) is 17.9 Å². The van der Waals surface area contributed by atoms with Gasteiger partial charge >= 0.3 is 0 Å². The van der Waals surface area contributed by atoms with E-state index in [1.54, 1.807) is 6.20 Å². The van der Waals surface area contributed by atoms with E-state index in [2.05, 4.69) is 14.7 Å². The molecule has 6 nitrogen and oxygen atoms in total. The van der Waals surface area contributed by atoms with Crippen molar-refractivity contribution in [3.05, 3.63) is 77.6 Å². The number of rotatable bonds is 7. The second-order valence-electron chi connectivity index (χ2n) is 5.42. The van der Waals surface area contributed by atoms with E-state index in [1.807, 2.05) is 41.1 Å². The summed E-state index contributed by atoms with van der Waals surface area (Å²) in [6.07, 6.45) is 5.33. The van der Waals surface area contributed by atoms with Gasteiger partial charge in [-0.3, -0.25) is 0 Å². The van der Waals surface area contributed by atoms with E-state index in [0.717, 1.165) is 11.4 Å². The van der Waals surface area contributed by atoms with Crippen LogP contribution in [0.2, 0.25) is 5.15 Å². The van der Waals surface area contributed by atoms with Crippen molar-refractivity contribution in [3.63, 3.8) is 0 Å². The van der Waals surface area contributed by atoms with E-state index in [0.29, 0.717) is 13.0 Å². The number of pyridine rings is 1. The molecule has 2 heterocycles. The lowest BCUT2D eigenvalue weighted by atomic mass is 10.2. The zero-order chi connectivity index (χ0) is 17.7. The van der Waals surface area contributed by atoms with E-state index in [1.165, 1.54) is 18.3 Å². The Balaban J connectivity index is 1.61. The summed E-state index contributed by atoms with van der Waals surface area (Å²) in [5, 5.41) is 0.252. The monoisotopic (exact) mass is 376 g/mol. The van der Waals surface area contributed by atoms with Crippen LogP contribution in [-0.2, 0) is 23.0 Å². The molecule has 130 valence electrons. The minimum atomic E-state index is -3.61. The number of imidazole rings is 1. The molecule has 0 fully saturated rings. The first kappa shape index (κ1) is 17.6. The van der Waals surface area contributed by atoms with Crippen LogP contribution in [0, 0.1) is 0 Å². The number of hydrogen-bond acceptors (Lipinski definition) is 4. The maximum atomic E-state index is 12.2. The van der Waals surface area contributed by atoms with Gasteiger partial charge < -0.3 is 4.57 Å². The first-order valence-corrected chi connectivity index (χ1v) is 9.56. The lowest BCUT2D eigenvalue weighted by Crippen LogP contribution is -2.27. The van der Waals surface area contributed by atoms with Crippen molar-refractivity contribution in [3.8, 4) is 0 Å². The highest BCUT2D eigenvalue weighted by molar-refractivity contribution is 7.89. The molecule has 0 radical (unpaired) electrons. The molecule has 0 saturated heterocycles. The second-order valence-corrected chi connectivity index (χ2v) is 7.58. The number of aromatic nitrogens is 3. The van der Waals surface area contributed by atoms with Crippen LogP contribution in [0.5, 0.6) is 0 Å². The second kappa shape index (κ2) is 7.77. The van der Waals surface area contributed by atoms with Crippen LogP contribution < -0.4 is 4.72 Å². The molecule has 0 spiro atoms. The molecule has 1 aromatic carbocycles. The third-order valence-corrected chi connectivity index (χ3v) is 5.32.